The molecule has 30 heavy (non-hydrogen) atoms. The van der Waals surface area contributed by atoms with Crippen molar-refractivity contribution in [3.8, 4) is 16.9 Å². The third-order valence-corrected chi connectivity index (χ3v) is 7.51. The highest BCUT2D eigenvalue weighted by Gasteiger charge is 2.32. The fourth-order valence-corrected chi connectivity index (χ4v) is 5.60. The van der Waals surface area contributed by atoms with E-state index >= 15 is 0 Å². The summed E-state index contributed by atoms with van der Waals surface area (Å²) in [6.07, 6.45) is 9.37. The Hall–Kier alpha value is -1.97. The molecular formula is C26H31F3O. The van der Waals surface area contributed by atoms with Gasteiger partial charge in [0.1, 0.15) is 0 Å². The first-order chi connectivity index (χ1) is 14.5. The van der Waals surface area contributed by atoms with Gasteiger partial charge in [0.25, 0.3) is 0 Å². The van der Waals surface area contributed by atoms with Crippen molar-refractivity contribution >= 4 is 0 Å². The van der Waals surface area contributed by atoms with E-state index in [9.17, 15) is 13.2 Å². The van der Waals surface area contributed by atoms with Crippen LogP contribution in [0, 0.1) is 35.2 Å². The van der Waals surface area contributed by atoms with Crippen LogP contribution in [0.4, 0.5) is 13.2 Å². The summed E-state index contributed by atoms with van der Waals surface area (Å²) in [5, 5.41) is 0. The van der Waals surface area contributed by atoms with Crippen LogP contribution in [0.15, 0.2) is 30.3 Å². The summed E-state index contributed by atoms with van der Waals surface area (Å²) in [5.41, 5.74) is 0.871. The lowest BCUT2D eigenvalue weighted by Crippen LogP contribution is -2.25. The van der Waals surface area contributed by atoms with E-state index in [1.54, 1.807) is 18.2 Å². The highest BCUT2D eigenvalue weighted by atomic mass is 19.2. The van der Waals surface area contributed by atoms with Crippen LogP contribution in [0.25, 0.3) is 11.1 Å². The van der Waals surface area contributed by atoms with E-state index in [4.69, 9.17) is 4.74 Å². The van der Waals surface area contributed by atoms with E-state index < -0.39 is 17.5 Å². The molecule has 2 aliphatic carbocycles. The molecule has 162 valence electrons. The molecule has 2 aromatic rings. The molecule has 0 radical (unpaired) electrons. The Morgan fingerprint density at radius 1 is 0.767 bits per heavy atom. The molecule has 0 saturated heterocycles. The molecule has 4 heteroatoms. The molecular weight excluding hydrogens is 385 g/mol. The molecule has 2 aliphatic rings. The SMILES string of the molecule is COc1ccc(-c2ccc(C3CCC(C4CCC(C)CC4)CC3)c(F)c2F)cc1F. The van der Waals surface area contributed by atoms with E-state index in [-0.39, 0.29) is 17.2 Å². The zero-order valence-corrected chi connectivity index (χ0v) is 17.9. The topological polar surface area (TPSA) is 9.23 Å². The summed E-state index contributed by atoms with van der Waals surface area (Å²) >= 11 is 0. The van der Waals surface area contributed by atoms with Gasteiger partial charge in [-0.2, -0.15) is 0 Å². The van der Waals surface area contributed by atoms with Crippen molar-refractivity contribution in [2.24, 2.45) is 17.8 Å². The molecule has 2 aromatic carbocycles. The number of ether oxygens (including phenoxy) is 1. The van der Waals surface area contributed by atoms with Crippen LogP contribution in [0.1, 0.15) is 69.8 Å². The van der Waals surface area contributed by atoms with Crippen molar-refractivity contribution in [1.82, 2.24) is 0 Å². The van der Waals surface area contributed by atoms with Gasteiger partial charge in [-0.3, -0.25) is 0 Å². The largest absolute Gasteiger partial charge is 0.494 e. The fraction of sp³-hybridized carbons (Fsp3) is 0.538. The first kappa shape index (κ1) is 21.3. The van der Waals surface area contributed by atoms with Crippen molar-refractivity contribution in [1.29, 1.82) is 0 Å². The number of hydrogen-bond acceptors (Lipinski definition) is 1. The minimum absolute atomic E-state index is 0.0694. The number of rotatable bonds is 4. The van der Waals surface area contributed by atoms with Gasteiger partial charge in [-0.25, -0.2) is 13.2 Å². The van der Waals surface area contributed by atoms with Gasteiger partial charge in [-0.05, 0) is 85.5 Å². The second-order valence-electron chi connectivity index (χ2n) is 9.31. The predicted octanol–water partition coefficient (Wildman–Crippen LogP) is 7.88. The quantitative estimate of drug-likeness (QED) is 0.492. The average Bonchev–Trinajstić information content (AvgIpc) is 2.76. The molecule has 2 saturated carbocycles. The van der Waals surface area contributed by atoms with Gasteiger partial charge >= 0.3 is 0 Å². The zero-order chi connectivity index (χ0) is 21.3. The van der Waals surface area contributed by atoms with Crippen LogP contribution < -0.4 is 4.74 Å². The minimum atomic E-state index is -0.888. The van der Waals surface area contributed by atoms with Gasteiger partial charge < -0.3 is 4.74 Å². The number of benzene rings is 2. The molecule has 4 rings (SSSR count). The lowest BCUT2D eigenvalue weighted by Gasteiger charge is -2.37. The van der Waals surface area contributed by atoms with E-state index in [1.807, 2.05) is 0 Å². The van der Waals surface area contributed by atoms with Crippen molar-refractivity contribution in [3.63, 3.8) is 0 Å². The Bertz CT molecular complexity index is 878. The highest BCUT2D eigenvalue weighted by Crippen LogP contribution is 2.45. The second kappa shape index (κ2) is 9.03. The van der Waals surface area contributed by atoms with E-state index in [2.05, 4.69) is 6.92 Å². The first-order valence-electron chi connectivity index (χ1n) is 11.3. The molecule has 0 unspecified atom stereocenters. The Kier molecular flexibility index (Phi) is 6.40. The molecule has 0 aromatic heterocycles. The van der Waals surface area contributed by atoms with Crippen LogP contribution in [0.2, 0.25) is 0 Å². The maximum absolute atomic E-state index is 15.0. The maximum Gasteiger partial charge on any atom is 0.166 e. The van der Waals surface area contributed by atoms with Gasteiger partial charge in [0.2, 0.25) is 0 Å². The van der Waals surface area contributed by atoms with Crippen LogP contribution in [0.3, 0.4) is 0 Å². The number of methoxy groups -OCH3 is 1. The Morgan fingerprint density at radius 3 is 2.00 bits per heavy atom. The van der Waals surface area contributed by atoms with Crippen molar-refractivity contribution in [2.45, 2.75) is 64.2 Å². The average molecular weight is 417 g/mol. The van der Waals surface area contributed by atoms with Gasteiger partial charge in [0.15, 0.2) is 23.2 Å². The molecule has 0 bridgehead atoms. The Morgan fingerprint density at radius 2 is 1.40 bits per heavy atom. The molecule has 0 aliphatic heterocycles. The van der Waals surface area contributed by atoms with Gasteiger partial charge in [-0.15, -0.1) is 0 Å². The predicted molar refractivity (Wildman–Crippen MR) is 114 cm³/mol. The van der Waals surface area contributed by atoms with Gasteiger partial charge in [0.05, 0.1) is 7.11 Å². The lowest BCUT2D eigenvalue weighted by atomic mass is 9.68. The Balaban J connectivity index is 1.47. The van der Waals surface area contributed by atoms with E-state index in [0.717, 1.165) is 43.4 Å². The van der Waals surface area contributed by atoms with Crippen molar-refractivity contribution in [3.05, 3.63) is 53.3 Å². The number of halogens is 3. The first-order valence-corrected chi connectivity index (χ1v) is 11.3. The van der Waals surface area contributed by atoms with E-state index in [0.29, 0.717) is 11.1 Å². The van der Waals surface area contributed by atoms with Crippen molar-refractivity contribution in [2.75, 3.05) is 7.11 Å². The zero-order valence-electron chi connectivity index (χ0n) is 17.9. The summed E-state index contributed by atoms with van der Waals surface area (Å²) < 4.78 is 48.8. The van der Waals surface area contributed by atoms with Gasteiger partial charge in [0, 0.05) is 5.56 Å². The maximum atomic E-state index is 15.0. The third kappa shape index (κ3) is 4.24. The second-order valence-corrected chi connectivity index (χ2v) is 9.31. The molecule has 0 heterocycles. The minimum Gasteiger partial charge on any atom is -0.494 e. The normalized spacial score (nSPS) is 27.1. The molecule has 2 fully saturated rings. The van der Waals surface area contributed by atoms with Gasteiger partial charge in [-0.1, -0.05) is 38.0 Å². The standard InChI is InChI=1S/C26H31F3O/c1-16-3-5-17(6-4-16)18-7-9-19(10-8-18)21-12-13-22(26(29)25(21)28)20-11-14-24(30-2)23(27)15-20/h11-19H,3-10H2,1-2H3. The summed E-state index contributed by atoms with van der Waals surface area (Å²) in [5.74, 6) is 0.306. The third-order valence-electron chi connectivity index (χ3n) is 7.51. The van der Waals surface area contributed by atoms with Crippen LogP contribution in [-0.4, -0.2) is 7.11 Å². The van der Waals surface area contributed by atoms with Crippen LogP contribution >= 0.6 is 0 Å². The highest BCUT2D eigenvalue weighted by molar-refractivity contribution is 5.66. The number of hydrogen-bond donors (Lipinski definition) is 0. The molecule has 1 nitrogen and oxygen atoms in total. The molecule has 0 amide bonds. The summed E-state index contributed by atoms with van der Waals surface area (Å²) in [4.78, 5) is 0. The smallest absolute Gasteiger partial charge is 0.166 e. The van der Waals surface area contributed by atoms with Crippen LogP contribution in [0.5, 0.6) is 5.75 Å². The summed E-state index contributed by atoms with van der Waals surface area (Å²) in [6.45, 7) is 2.34. The monoisotopic (exact) mass is 416 g/mol. The summed E-state index contributed by atoms with van der Waals surface area (Å²) in [6, 6.07) is 7.46. The molecule has 0 N–H and O–H groups in total. The molecule has 0 spiro atoms. The van der Waals surface area contributed by atoms with E-state index in [1.165, 1.54) is 44.9 Å². The fourth-order valence-electron chi connectivity index (χ4n) is 5.60. The molecule has 0 atom stereocenters. The van der Waals surface area contributed by atoms with Crippen molar-refractivity contribution < 1.29 is 17.9 Å². The van der Waals surface area contributed by atoms with Crippen LogP contribution in [-0.2, 0) is 0 Å². The lowest BCUT2D eigenvalue weighted by molar-refractivity contribution is 0.164. The Labute approximate surface area is 177 Å². The summed E-state index contributed by atoms with van der Waals surface area (Å²) in [7, 11) is 1.37.